The molecule has 1 aromatic heterocycles. The maximum Gasteiger partial charge on any atom is 0.278 e. The molecule has 0 saturated heterocycles. The molecule has 36 heavy (non-hydrogen) atoms. The van der Waals surface area contributed by atoms with Gasteiger partial charge in [0.25, 0.3) is 5.56 Å². The Morgan fingerprint density at radius 3 is 2.50 bits per heavy atom. The Morgan fingerprint density at radius 1 is 1.00 bits per heavy atom. The minimum atomic E-state index is -0.328. The first-order valence-electron chi connectivity index (χ1n) is 11.6. The molecule has 0 aliphatic carbocycles. The molecular formula is C28H27N3O5. The van der Waals surface area contributed by atoms with Crippen molar-refractivity contribution < 1.29 is 19.0 Å². The van der Waals surface area contributed by atoms with Gasteiger partial charge in [0, 0.05) is 12.0 Å². The SMILES string of the molecule is COc1ccccc1NC(=O)Cn1c2c(c(=O)n1-c1ccc(C)cc1C)Cc1cccc(OC)c1O2. The number of aryl methyl sites for hydroxylation is 2. The number of carbonyl (C=O) groups excluding carboxylic acids is 1. The predicted molar refractivity (Wildman–Crippen MR) is 137 cm³/mol. The molecule has 0 atom stereocenters. The van der Waals surface area contributed by atoms with Crippen molar-refractivity contribution in [3.05, 3.63) is 93.3 Å². The van der Waals surface area contributed by atoms with Crippen molar-refractivity contribution in [1.29, 1.82) is 0 Å². The van der Waals surface area contributed by atoms with E-state index in [9.17, 15) is 9.59 Å². The van der Waals surface area contributed by atoms with Crippen LogP contribution in [0.5, 0.6) is 23.1 Å². The van der Waals surface area contributed by atoms with Crippen LogP contribution in [0.2, 0.25) is 0 Å². The summed E-state index contributed by atoms with van der Waals surface area (Å²) >= 11 is 0. The number of aromatic nitrogens is 2. The smallest absolute Gasteiger partial charge is 0.278 e. The maximum atomic E-state index is 13.8. The monoisotopic (exact) mass is 485 g/mol. The van der Waals surface area contributed by atoms with E-state index in [0.29, 0.717) is 46.5 Å². The molecule has 1 amide bonds. The molecule has 4 aromatic rings. The molecular weight excluding hydrogens is 458 g/mol. The van der Waals surface area contributed by atoms with Gasteiger partial charge in [0.1, 0.15) is 12.3 Å². The van der Waals surface area contributed by atoms with Gasteiger partial charge >= 0.3 is 0 Å². The van der Waals surface area contributed by atoms with E-state index >= 15 is 0 Å². The fourth-order valence-corrected chi connectivity index (χ4v) is 4.60. The number of methoxy groups -OCH3 is 2. The average molecular weight is 486 g/mol. The van der Waals surface area contributed by atoms with E-state index in [1.165, 1.54) is 4.68 Å². The molecule has 8 nitrogen and oxygen atoms in total. The van der Waals surface area contributed by atoms with E-state index in [-0.39, 0.29) is 18.0 Å². The molecule has 0 saturated carbocycles. The van der Waals surface area contributed by atoms with Crippen LogP contribution in [-0.4, -0.2) is 29.5 Å². The fraction of sp³-hybridized carbons (Fsp3) is 0.214. The number of hydrogen-bond acceptors (Lipinski definition) is 5. The third kappa shape index (κ3) is 4.00. The van der Waals surface area contributed by atoms with Crippen LogP contribution >= 0.6 is 0 Å². The molecule has 0 unspecified atom stereocenters. The third-order valence-corrected chi connectivity index (χ3v) is 6.29. The lowest BCUT2D eigenvalue weighted by Crippen LogP contribution is -2.28. The van der Waals surface area contributed by atoms with Crippen molar-refractivity contribution in [3.8, 4) is 28.8 Å². The predicted octanol–water partition coefficient (Wildman–Crippen LogP) is 4.61. The number of amides is 1. The molecule has 0 radical (unpaired) electrons. The summed E-state index contributed by atoms with van der Waals surface area (Å²) in [4.78, 5) is 27.0. The summed E-state index contributed by atoms with van der Waals surface area (Å²) in [7, 11) is 3.12. The zero-order chi connectivity index (χ0) is 25.4. The maximum absolute atomic E-state index is 13.8. The zero-order valence-electron chi connectivity index (χ0n) is 20.6. The number of para-hydroxylation sites is 3. The number of benzene rings is 3. The largest absolute Gasteiger partial charge is 0.495 e. The molecule has 5 rings (SSSR count). The van der Waals surface area contributed by atoms with Crippen LogP contribution in [-0.2, 0) is 17.8 Å². The van der Waals surface area contributed by atoms with Gasteiger partial charge in [-0.2, -0.15) is 0 Å². The van der Waals surface area contributed by atoms with Crippen molar-refractivity contribution >= 4 is 11.6 Å². The Labute approximate surface area is 208 Å². The topological polar surface area (TPSA) is 83.7 Å². The third-order valence-electron chi connectivity index (χ3n) is 6.29. The molecule has 0 bridgehead atoms. The highest BCUT2D eigenvalue weighted by atomic mass is 16.5. The molecule has 184 valence electrons. The van der Waals surface area contributed by atoms with Crippen LogP contribution in [0, 0.1) is 13.8 Å². The van der Waals surface area contributed by atoms with Crippen molar-refractivity contribution in [2.24, 2.45) is 0 Å². The molecule has 1 aliphatic rings. The van der Waals surface area contributed by atoms with Gasteiger partial charge in [-0.05, 0) is 43.7 Å². The second-order valence-electron chi connectivity index (χ2n) is 8.72. The van der Waals surface area contributed by atoms with E-state index in [1.807, 2.05) is 62.4 Å². The number of nitrogens with zero attached hydrogens (tertiary/aromatic N) is 2. The summed E-state index contributed by atoms with van der Waals surface area (Å²) in [6.07, 6.45) is 0.368. The summed E-state index contributed by atoms with van der Waals surface area (Å²) in [6, 6.07) is 18.6. The standard InChI is InChI=1S/C28H27N3O5/c1-17-12-13-22(18(2)14-17)31-27(33)20-15-19-8-7-11-24(35-4)26(19)36-28(20)30(31)16-25(32)29-21-9-5-6-10-23(21)34-3/h5-14H,15-16H2,1-4H3,(H,29,32). The summed E-state index contributed by atoms with van der Waals surface area (Å²) in [6.45, 7) is 3.79. The van der Waals surface area contributed by atoms with Gasteiger partial charge in [0.05, 0.1) is 31.2 Å². The second-order valence-corrected chi connectivity index (χ2v) is 8.72. The molecule has 3 aromatic carbocycles. The Balaban J connectivity index is 1.63. The van der Waals surface area contributed by atoms with Gasteiger partial charge in [-0.1, -0.05) is 42.0 Å². The van der Waals surface area contributed by atoms with E-state index in [2.05, 4.69) is 5.32 Å². The van der Waals surface area contributed by atoms with Crippen LogP contribution in [0.25, 0.3) is 5.69 Å². The minimum Gasteiger partial charge on any atom is -0.495 e. The van der Waals surface area contributed by atoms with Crippen LogP contribution in [0.3, 0.4) is 0 Å². The van der Waals surface area contributed by atoms with Gasteiger partial charge in [-0.3, -0.25) is 9.59 Å². The Morgan fingerprint density at radius 2 is 1.75 bits per heavy atom. The first kappa shape index (κ1) is 23.3. The second kappa shape index (κ2) is 9.30. The highest BCUT2D eigenvalue weighted by Gasteiger charge is 2.31. The lowest BCUT2D eigenvalue weighted by molar-refractivity contribution is -0.117. The number of anilines is 1. The zero-order valence-corrected chi connectivity index (χ0v) is 20.6. The molecule has 1 N–H and O–H groups in total. The summed E-state index contributed by atoms with van der Waals surface area (Å²) in [5.41, 5.74) is 4.32. The van der Waals surface area contributed by atoms with Gasteiger partial charge in [0.15, 0.2) is 11.5 Å². The van der Waals surface area contributed by atoms with Crippen molar-refractivity contribution in [1.82, 2.24) is 9.36 Å². The van der Waals surface area contributed by atoms with Gasteiger partial charge in [0.2, 0.25) is 11.8 Å². The molecule has 0 fully saturated rings. The molecule has 2 heterocycles. The highest BCUT2D eigenvalue weighted by molar-refractivity contribution is 5.92. The van der Waals surface area contributed by atoms with Crippen LogP contribution in [0.15, 0.2) is 65.5 Å². The molecule has 0 spiro atoms. The average Bonchev–Trinajstić information content (AvgIpc) is 3.13. The number of nitrogens with one attached hydrogen (secondary N) is 1. The summed E-state index contributed by atoms with van der Waals surface area (Å²) < 4.78 is 20.3. The Bertz CT molecular complexity index is 1530. The summed E-state index contributed by atoms with van der Waals surface area (Å²) in [5, 5.41) is 2.89. The van der Waals surface area contributed by atoms with Crippen LogP contribution in [0.1, 0.15) is 22.3 Å². The Hall–Kier alpha value is -4.46. The van der Waals surface area contributed by atoms with Crippen molar-refractivity contribution in [2.75, 3.05) is 19.5 Å². The summed E-state index contributed by atoms with van der Waals surface area (Å²) in [5.74, 6) is 1.65. The van der Waals surface area contributed by atoms with Crippen LogP contribution in [0.4, 0.5) is 5.69 Å². The van der Waals surface area contributed by atoms with E-state index in [0.717, 1.165) is 16.7 Å². The van der Waals surface area contributed by atoms with E-state index in [4.69, 9.17) is 14.2 Å². The van der Waals surface area contributed by atoms with E-state index in [1.54, 1.807) is 31.0 Å². The quantitative estimate of drug-likeness (QED) is 0.380. The van der Waals surface area contributed by atoms with Crippen LogP contribution < -0.4 is 25.1 Å². The normalized spacial score (nSPS) is 11.8. The number of carbonyl (C=O) groups is 1. The fourth-order valence-electron chi connectivity index (χ4n) is 4.60. The lowest BCUT2D eigenvalue weighted by atomic mass is 10.0. The lowest BCUT2D eigenvalue weighted by Gasteiger charge is -2.21. The van der Waals surface area contributed by atoms with Gasteiger partial charge in [-0.25, -0.2) is 9.36 Å². The molecule has 1 aliphatic heterocycles. The first-order chi connectivity index (χ1) is 17.4. The van der Waals surface area contributed by atoms with E-state index < -0.39 is 0 Å². The van der Waals surface area contributed by atoms with Crippen molar-refractivity contribution in [3.63, 3.8) is 0 Å². The number of ether oxygens (including phenoxy) is 3. The number of fused-ring (bicyclic) bond motifs is 2. The molecule has 8 heteroatoms. The number of rotatable bonds is 6. The van der Waals surface area contributed by atoms with Gasteiger partial charge in [-0.15, -0.1) is 0 Å². The van der Waals surface area contributed by atoms with Crippen molar-refractivity contribution in [2.45, 2.75) is 26.8 Å². The van der Waals surface area contributed by atoms with Gasteiger partial charge < -0.3 is 19.5 Å². The first-order valence-corrected chi connectivity index (χ1v) is 11.6. The highest BCUT2D eigenvalue weighted by Crippen LogP contribution is 2.42. The Kier molecular flexibility index (Phi) is 6.01. The number of hydrogen-bond donors (Lipinski definition) is 1. The minimum absolute atomic E-state index is 0.152.